The van der Waals surface area contributed by atoms with Crippen LogP contribution in [0.5, 0.6) is 23.0 Å². The second-order valence-corrected chi connectivity index (χ2v) is 7.33. The lowest BCUT2D eigenvalue weighted by atomic mass is 10.2. The minimum atomic E-state index is -0.520. The molecule has 0 atom stereocenters. The Balaban J connectivity index is 1.64. The summed E-state index contributed by atoms with van der Waals surface area (Å²) in [6.07, 6.45) is 2.39. The molecule has 0 aliphatic rings. The van der Waals surface area contributed by atoms with E-state index in [-0.39, 0.29) is 11.7 Å². The van der Waals surface area contributed by atoms with E-state index in [9.17, 15) is 9.59 Å². The normalized spacial score (nSPS) is 10.6. The monoisotopic (exact) mass is 476 g/mol. The third kappa shape index (κ3) is 7.33. The SMILES string of the molecule is CCCOc1ccc(C(=O)N/N=C\c2ccc(OC(=O)c3ccc(OC)cc3)c(OCC)c2)cc1. The predicted molar refractivity (Wildman–Crippen MR) is 133 cm³/mol. The minimum Gasteiger partial charge on any atom is -0.497 e. The van der Waals surface area contributed by atoms with E-state index in [0.717, 1.165) is 6.42 Å². The highest BCUT2D eigenvalue weighted by Gasteiger charge is 2.13. The zero-order chi connectivity index (χ0) is 25.0. The molecule has 0 saturated carbocycles. The van der Waals surface area contributed by atoms with Gasteiger partial charge in [0.05, 0.1) is 32.1 Å². The Hall–Kier alpha value is -4.33. The third-order valence-electron chi connectivity index (χ3n) is 4.77. The van der Waals surface area contributed by atoms with E-state index in [1.165, 1.54) is 6.21 Å². The van der Waals surface area contributed by atoms with Gasteiger partial charge in [0.25, 0.3) is 5.91 Å². The van der Waals surface area contributed by atoms with Crippen LogP contribution in [0.4, 0.5) is 0 Å². The Morgan fingerprint density at radius 2 is 1.54 bits per heavy atom. The van der Waals surface area contributed by atoms with Gasteiger partial charge in [-0.15, -0.1) is 0 Å². The number of rotatable bonds is 11. The topological polar surface area (TPSA) is 95.5 Å². The summed E-state index contributed by atoms with van der Waals surface area (Å²) in [6.45, 7) is 4.86. The van der Waals surface area contributed by atoms with E-state index in [4.69, 9.17) is 18.9 Å². The molecule has 0 bridgehead atoms. The zero-order valence-electron chi connectivity index (χ0n) is 19.9. The van der Waals surface area contributed by atoms with Gasteiger partial charge in [-0.1, -0.05) is 6.92 Å². The molecule has 3 aromatic rings. The van der Waals surface area contributed by atoms with Crippen molar-refractivity contribution >= 4 is 18.1 Å². The fourth-order valence-electron chi connectivity index (χ4n) is 3.00. The predicted octanol–water partition coefficient (Wildman–Crippen LogP) is 4.87. The Bertz CT molecular complexity index is 1160. The second kappa shape index (κ2) is 12.8. The Kier molecular flexibility index (Phi) is 9.24. The molecule has 0 aliphatic carbocycles. The van der Waals surface area contributed by atoms with Gasteiger partial charge >= 0.3 is 5.97 Å². The van der Waals surface area contributed by atoms with Crippen molar-refractivity contribution in [3.63, 3.8) is 0 Å². The number of carbonyl (C=O) groups excluding carboxylic acids is 2. The highest BCUT2D eigenvalue weighted by atomic mass is 16.6. The number of hydrazone groups is 1. The molecule has 3 aromatic carbocycles. The minimum absolute atomic E-state index is 0.277. The van der Waals surface area contributed by atoms with Gasteiger partial charge in [0.15, 0.2) is 11.5 Å². The average Bonchev–Trinajstić information content (AvgIpc) is 2.89. The molecule has 35 heavy (non-hydrogen) atoms. The first-order chi connectivity index (χ1) is 17.0. The van der Waals surface area contributed by atoms with E-state index in [1.807, 2.05) is 13.8 Å². The summed E-state index contributed by atoms with van der Waals surface area (Å²) in [5, 5.41) is 4.01. The second-order valence-electron chi connectivity index (χ2n) is 7.33. The van der Waals surface area contributed by atoms with Crippen LogP contribution in [0, 0.1) is 0 Å². The fourth-order valence-corrected chi connectivity index (χ4v) is 3.00. The van der Waals surface area contributed by atoms with Crippen molar-refractivity contribution in [2.75, 3.05) is 20.3 Å². The molecule has 0 heterocycles. The molecule has 0 aliphatic heterocycles. The summed E-state index contributed by atoms with van der Waals surface area (Å²) in [5.74, 6) is 1.15. The smallest absolute Gasteiger partial charge is 0.343 e. The largest absolute Gasteiger partial charge is 0.497 e. The van der Waals surface area contributed by atoms with E-state index in [0.29, 0.717) is 47.2 Å². The summed E-state index contributed by atoms with van der Waals surface area (Å²) in [5.41, 5.74) is 3.99. The van der Waals surface area contributed by atoms with E-state index < -0.39 is 5.97 Å². The van der Waals surface area contributed by atoms with Crippen molar-refractivity contribution in [1.82, 2.24) is 5.43 Å². The number of ether oxygens (including phenoxy) is 4. The van der Waals surface area contributed by atoms with Gasteiger partial charge in [-0.25, -0.2) is 10.2 Å². The molecule has 0 spiro atoms. The zero-order valence-corrected chi connectivity index (χ0v) is 19.9. The molecular formula is C27H28N2O6. The summed E-state index contributed by atoms with van der Waals surface area (Å²) in [6, 6.07) is 18.4. The van der Waals surface area contributed by atoms with Crippen molar-refractivity contribution < 1.29 is 28.5 Å². The molecule has 0 aromatic heterocycles. The Morgan fingerprint density at radius 3 is 2.20 bits per heavy atom. The van der Waals surface area contributed by atoms with Crippen molar-refractivity contribution in [1.29, 1.82) is 0 Å². The molecule has 3 rings (SSSR count). The van der Waals surface area contributed by atoms with Gasteiger partial charge in [0, 0.05) is 5.56 Å². The van der Waals surface area contributed by atoms with E-state index in [2.05, 4.69) is 10.5 Å². The molecule has 0 fully saturated rings. The van der Waals surface area contributed by atoms with Crippen LogP contribution in [0.15, 0.2) is 71.8 Å². The molecule has 0 unspecified atom stereocenters. The lowest BCUT2D eigenvalue weighted by Gasteiger charge is -2.11. The fraction of sp³-hybridized carbons (Fsp3) is 0.222. The summed E-state index contributed by atoms with van der Waals surface area (Å²) >= 11 is 0. The number of esters is 1. The number of nitrogens with one attached hydrogen (secondary N) is 1. The van der Waals surface area contributed by atoms with Crippen LogP contribution in [0.25, 0.3) is 0 Å². The van der Waals surface area contributed by atoms with Gasteiger partial charge in [0.2, 0.25) is 0 Å². The maximum atomic E-state index is 12.5. The molecule has 182 valence electrons. The highest BCUT2D eigenvalue weighted by molar-refractivity contribution is 5.95. The first kappa shape index (κ1) is 25.3. The van der Waals surface area contributed by atoms with Crippen LogP contribution in [0.2, 0.25) is 0 Å². The average molecular weight is 477 g/mol. The van der Waals surface area contributed by atoms with Crippen LogP contribution in [-0.2, 0) is 0 Å². The van der Waals surface area contributed by atoms with Gasteiger partial charge in [-0.3, -0.25) is 4.79 Å². The maximum absolute atomic E-state index is 12.5. The molecule has 1 amide bonds. The lowest BCUT2D eigenvalue weighted by Crippen LogP contribution is -2.17. The van der Waals surface area contributed by atoms with Crippen LogP contribution in [-0.4, -0.2) is 38.4 Å². The van der Waals surface area contributed by atoms with Crippen LogP contribution in [0.3, 0.4) is 0 Å². The molecular weight excluding hydrogens is 448 g/mol. The van der Waals surface area contributed by atoms with Crippen molar-refractivity contribution in [2.45, 2.75) is 20.3 Å². The molecule has 1 N–H and O–H groups in total. The number of hydrogen-bond acceptors (Lipinski definition) is 7. The van der Waals surface area contributed by atoms with Crippen LogP contribution < -0.4 is 24.4 Å². The number of hydrogen-bond donors (Lipinski definition) is 1. The number of methoxy groups -OCH3 is 1. The van der Waals surface area contributed by atoms with Gasteiger partial charge in [-0.05, 0) is 85.6 Å². The Morgan fingerprint density at radius 1 is 0.857 bits per heavy atom. The first-order valence-electron chi connectivity index (χ1n) is 11.2. The van der Waals surface area contributed by atoms with Gasteiger partial charge in [0.1, 0.15) is 11.5 Å². The quantitative estimate of drug-likeness (QED) is 0.184. The number of nitrogens with zero attached hydrogens (tertiary/aromatic N) is 1. The van der Waals surface area contributed by atoms with Crippen molar-refractivity contribution in [2.24, 2.45) is 5.10 Å². The van der Waals surface area contributed by atoms with Crippen molar-refractivity contribution in [3.8, 4) is 23.0 Å². The molecule has 0 radical (unpaired) electrons. The number of benzene rings is 3. The van der Waals surface area contributed by atoms with Gasteiger partial charge in [-0.2, -0.15) is 5.10 Å². The number of amides is 1. The van der Waals surface area contributed by atoms with Crippen LogP contribution >= 0.6 is 0 Å². The van der Waals surface area contributed by atoms with E-state index >= 15 is 0 Å². The summed E-state index contributed by atoms with van der Waals surface area (Å²) in [4.78, 5) is 24.8. The summed E-state index contributed by atoms with van der Waals surface area (Å²) in [7, 11) is 1.55. The standard InChI is InChI=1S/C27H28N2O6/c1-4-16-34-23-13-7-20(8-14-23)26(30)29-28-18-19-6-15-24(25(17-19)33-5-2)35-27(31)21-9-11-22(32-3)12-10-21/h6-15,17-18H,4-5,16H2,1-3H3,(H,29,30)/b28-18-. The lowest BCUT2D eigenvalue weighted by molar-refractivity contribution is 0.0728. The maximum Gasteiger partial charge on any atom is 0.343 e. The first-order valence-corrected chi connectivity index (χ1v) is 11.2. The Labute approximate surface area is 204 Å². The number of carbonyl (C=O) groups is 2. The van der Waals surface area contributed by atoms with Crippen molar-refractivity contribution in [3.05, 3.63) is 83.4 Å². The highest BCUT2D eigenvalue weighted by Crippen LogP contribution is 2.29. The van der Waals surface area contributed by atoms with E-state index in [1.54, 1.807) is 73.8 Å². The third-order valence-corrected chi connectivity index (χ3v) is 4.77. The molecule has 0 saturated heterocycles. The van der Waals surface area contributed by atoms with Gasteiger partial charge < -0.3 is 18.9 Å². The molecule has 8 nitrogen and oxygen atoms in total. The van der Waals surface area contributed by atoms with Crippen LogP contribution in [0.1, 0.15) is 46.5 Å². The molecule has 8 heteroatoms. The summed E-state index contributed by atoms with van der Waals surface area (Å²) < 4.78 is 21.8.